The number of methoxy groups -OCH3 is 1. The molecule has 3 heterocycles. The number of aromatic nitrogens is 4. The number of ether oxygens (including phenoxy) is 3. The third kappa shape index (κ3) is 3.62. The van der Waals surface area contributed by atoms with Crippen LogP contribution in [-0.2, 0) is 6.42 Å². The zero-order valence-electron chi connectivity index (χ0n) is 19.3. The van der Waals surface area contributed by atoms with Crippen LogP contribution in [0.25, 0.3) is 5.69 Å². The number of nitrogens with zero attached hydrogens (tertiary/aromatic N) is 6. The molecular weight excluding hydrogens is 440 g/mol. The smallest absolute Gasteiger partial charge is 0.253 e. The summed E-state index contributed by atoms with van der Waals surface area (Å²) in [6.45, 7) is 1.14. The number of rotatable bonds is 6. The minimum absolute atomic E-state index is 0.0888. The van der Waals surface area contributed by atoms with Crippen LogP contribution in [0.15, 0.2) is 30.3 Å². The van der Waals surface area contributed by atoms with Gasteiger partial charge in [-0.15, -0.1) is 5.10 Å². The van der Waals surface area contributed by atoms with Gasteiger partial charge in [0.15, 0.2) is 17.3 Å². The second-order valence-electron chi connectivity index (χ2n) is 8.30. The van der Waals surface area contributed by atoms with Crippen LogP contribution in [-0.4, -0.2) is 88.7 Å². The average Bonchev–Trinajstić information content (AvgIpc) is 3.52. The minimum Gasteiger partial charge on any atom is -0.492 e. The van der Waals surface area contributed by atoms with E-state index in [1.54, 1.807) is 43.1 Å². The first-order valence-electron chi connectivity index (χ1n) is 11.0. The van der Waals surface area contributed by atoms with Crippen molar-refractivity contribution in [2.45, 2.75) is 12.5 Å². The van der Waals surface area contributed by atoms with Crippen molar-refractivity contribution >= 4 is 5.91 Å². The molecule has 0 unspecified atom stereocenters. The number of aliphatic hydroxyl groups is 1. The van der Waals surface area contributed by atoms with Gasteiger partial charge in [-0.2, -0.15) is 4.68 Å². The number of fused-ring (bicyclic) bond motifs is 2. The van der Waals surface area contributed by atoms with E-state index in [1.807, 2.05) is 13.1 Å². The van der Waals surface area contributed by atoms with Crippen LogP contribution < -0.4 is 14.2 Å². The fraction of sp³-hybridized carbons (Fsp3) is 0.391. The van der Waals surface area contributed by atoms with Crippen LogP contribution in [0.3, 0.4) is 0 Å². The maximum atomic E-state index is 12.5. The molecule has 0 radical (unpaired) electrons. The molecule has 2 aliphatic rings. The number of likely N-dealkylation sites (N-methyl/N-ethyl adjacent to an activating group) is 2. The maximum absolute atomic E-state index is 12.5. The number of carbonyl (C=O) groups is 1. The van der Waals surface area contributed by atoms with E-state index in [-0.39, 0.29) is 31.9 Å². The molecule has 5 rings (SSSR count). The summed E-state index contributed by atoms with van der Waals surface area (Å²) in [5.41, 5.74) is 3.30. The fourth-order valence-electron chi connectivity index (χ4n) is 4.52. The number of aliphatic hydroxyl groups excluding tert-OH is 1. The Balaban J connectivity index is 1.54. The van der Waals surface area contributed by atoms with Crippen molar-refractivity contribution in [2.24, 2.45) is 0 Å². The molecule has 3 aromatic rings. The highest BCUT2D eigenvalue weighted by Crippen LogP contribution is 2.50. The summed E-state index contributed by atoms with van der Waals surface area (Å²) in [6.07, 6.45) is 0.828. The van der Waals surface area contributed by atoms with Crippen LogP contribution in [0.4, 0.5) is 0 Å². The number of hydrogen-bond acceptors (Lipinski definition) is 9. The van der Waals surface area contributed by atoms with E-state index < -0.39 is 0 Å². The summed E-state index contributed by atoms with van der Waals surface area (Å²) in [5.74, 6) is 2.36. The summed E-state index contributed by atoms with van der Waals surface area (Å²) in [5, 5.41) is 21.7. The summed E-state index contributed by atoms with van der Waals surface area (Å²) in [4.78, 5) is 16.2. The quantitative estimate of drug-likeness (QED) is 0.569. The zero-order valence-corrected chi connectivity index (χ0v) is 19.3. The lowest BCUT2D eigenvalue weighted by Crippen LogP contribution is -2.35. The van der Waals surface area contributed by atoms with Crippen molar-refractivity contribution in [1.82, 2.24) is 30.0 Å². The van der Waals surface area contributed by atoms with Gasteiger partial charge in [0.2, 0.25) is 12.5 Å². The van der Waals surface area contributed by atoms with Crippen molar-refractivity contribution in [2.75, 3.05) is 47.7 Å². The van der Waals surface area contributed by atoms with Gasteiger partial charge < -0.3 is 24.2 Å². The van der Waals surface area contributed by atoms with Crippen molar-refractivity contribution in [3.05, 3.63) is 52.8 Å². The summed E-state index contributed by atoms with van der Waals surface area (Å²) < 4.78 is 18.8. The summed E-state index contributed by atoms with van der Waals surface area (Å²) >= 11 is 0. The normalized spacial score (nSPS) is 16.9. The molecule has 1 aromatic heterocycles. The summed E-state index contributed by atoms with van der Waals surface area (Å²) in [7, 11) is 5.30. The van der Waals surface area contributed by atoms with Gasteiger partial charge in [-0.1, -0.05) is 0 Å². The van der Waals surface area contributed by atoms with Crippen molar-refractivity contribution in [3.63, 3.8) is 0 Å². The highest BCUT2D eigenvalue weighted by Gasteiger charge is 2.37. The fourth-order valence-corrected chi connectivity index (χ4v) is 4.52. The zero-order chi connectivity index (χ0) is 23.8. The van der Waals surface area contributed by atoms with Crippen LogP contribution in [0, 0.1) is 0 Å². The molecule has 0 bridgehead atoms. The first-order chi connectivity index (χ1) is 16.5. The van der Waals surface area contributed by atoms with Gasteiger partial charge in [0, 0.05) is 31.3 Å². The molecule has 0 fully saturated rings. The molecule has 178 valence electrons. The molecule has 0 aliphatic carbocycles. The molecule has 0 saturated carbocycles. The Hall–Kier alpha value is -3.70. The van der Waals surface area contributed by atoms with Gasteiger partial charge >= 0.3 is 0 Å². The molecule has 34 heavy (non-hydrogen) atoms. The van der Waals surface area contributed by atoms with E-state index in [1.165, 1.54) is 4.90 Å². The molecule has 2 aromatic carbocycles. The number of benzene rings is 2. The predicted octanol–water partition coefficient (Wildman–Crippen LogP) is 1.04. The van der Waals surface area contributed by atoms with Gasteiger partial charge in [0.05, 0.1) is 19.4 Å². The standard InChI is InChI=1S/C23H26N6O5/c1-27-9-8-15-12-17-20(34-13-33-17)21(32-3)18(15)19(27)22-24-25-26-29(22)16-6-4-14(5-7-16)23(31)28(2)10-11-30/h4-7,12,19,30H,8-11,13H2,1-3H3/t19-/m1/s1. The lowest BCUT2D eigenvalue weighted by atomic mass is 9.90. The average molecular weight is 466 g/mol. The Morgan fingerprint density at radius 3 is 2.82 bits per heavy atom. The first kappa shape index (κ1) is 22.1. The van der Waals surface area contributed by atoms with Gasteiger partial charge in [-0.25, -0.2) is 0 Å². The number of carbonyl (C=O) groups excluding carboxylic acids is 1. The van der Waals surface area contributed by atoms with Gasteiger partial charge in [0.25, 0.3) is 5.91 Å². The molecule has 0 saturated heterocycles. The third-order valence-corrected chi connectivity index (χ3v) is 6.27. The van der Waals surface area contributed by atoms with Crippen LogP contribution >= 0.6 is 0 Å². The number of tetrazole rings is 1. The third-order valence-electron chi connectivity index (χ3n) is 6.27. The van der Waals surface area contributed by atoms with E-state index >= 15 is 0 Å². The molecule has 11 heteroatoms. The molecule has 0 spiro atoms. The monoisotopic (exact) mass is 466 g/mol. The van der Waals surface area contributed by atoms with E-state index in [2.05, 4.69) is 20.4 Å². The predicted molar refractivity (Wildman–Crippen MR) is 120 cm³/mol. The molecule has 1 atom stereocenters. The second kappa shape index (κ2) is 8.92. The Labute approximate surface area is 196 Å². The molecular formula is C23H26N6O5. The minimum atomic E-state index is -0.278. The van der Waals surface area contributed by atoms with E-state index in [9.17, 15) is 4.79 Å². The maximum Gasteiger partial charge on any atom is 0.253 e. The van der Waals surface area contributed by atoms with Crippen molar-refractivity contribution < 1.29 is 24.1 Å². The Morgan fingerprint density at radius 2 is 2.09 bits per heavy atom. The Bertz CT molecular complexity index is 1210. The van der Waals surface area contributed by atoms with Gasteiger partial charge in [0.1, 0.15) is 6.04 Å². The Kier molecular flexibility index (Phi) is 5.80. The largest absolute Gasteiger partial charge is 0.492 e. The van der Waals surface area contributed by atoms with E-state index in [0.717, 1.165) is 29.8 Å². The Morgan fingerprint density at radius 1 is 1.29 bits per heavy atom. The van der Waals surface area contributed by atoms with Crippen LogP contribution in [0.2, 0.25) is 0 Å². The van der Waals surface area contributed by atoms with Crippen LogP contribution in [0.5, 0.6) is 17.2 Å². The van der Waals surface area contributed by atoms with Crippen molar-refractivity contribution in [1.29, 1.82) is 0 Å². The highest BCUT2D eigenvalue weighted by molar-refractivity contribution is 5.94. The number of hydrogen-bond donors (Lipinski definition) is 1. The highest BCUT2D eigenvalue weighted by atomic mass is 16.7. The van der Waals surface area contributed by atoms with E-state index in [4.69, 9.17) is 19.3 Å². The molecule has 1 amide bonds. The lowest BCUT2D eigenvalue weighted by molar-refractivity contribution is 0.0767. The summed E-state index contributed by atoms with van der Waals surface area (Å²) in [6, 6.07) is 8.81. The molecule has 2 aliphatic heterocycles. The van der Waals surface area contributed by atoms with Gasteiger partial charge in [-0.3, -0.25) is 9.69 Å². The van der Waals surface area contributed by atoms with Gasteiger partial charge in [-0.05, 0) is 59.8 Å². The number of amides is 1. The first-order valence-corrected chi connectivity index (χ1v) is 11.0. The second-order valence-corrected chi connectivity index (χ2v) is 8.30. The topological polar surface area (TPSA) is 115 Å². The lowest BCUT2D eigenvalue weighted by Gasteiger charge is -2.34. The van der Waals surface area contributed by atoms with E-state index in [0.29, 0.717) is 28.6 Å². The SMILES string of the molecule is COc1c2c(cc3c1[C@H](c1nnnn1-c1ccc(C(=O)N(C)CCO)cc1)N(C)CC3)OCO2. The molecule has 1 N–H and O–H groups in total. The molecule has 11 nitrogen and oxygen atoms in total. The van der Waals surface area contributed by atoms with Crippen LogP contribution in [0.1, 0.15) is 33.4 Å². The van der Waals surface area contributed by atoms with Crippen molar-refractivity contribution in [3.8, 4) is 22.9 Å².